The third-order valence-corrected chi connectivity index (χ3v) is 4.17. The van der Waals surface area contributed by atoms with Crippen LogP contribution < -0.4 is 10.2 Å². The Morgan fingerprint density at radius 1 is 1.00 bits per heavy atom. The zero-order chi connectivity index (χ0) is 16.3. The van der Waals surface area contributed by atoms with Crippen molar-refractivity contribution in [1.82, 2.24) is 5.32 Å². The Morgan fingerprint density at radius 2 is 1.52 bits per heavy atom. The maximum atomic E-state index is 3.67. The van der Waals surface area contributed by atoms with Gasteiger partial charge >= 0.3 is 0 Å². The van der Waals surface area contributed by atoms with Gasteiger partial charge in [-0.1, -0.05) is 19.9 Å². The third-order valence-electron chi connectivity index (χ3n) is 4.17. The Hall–Kier alpha value is -1.02. The van der Waals surface area contributed by atoms with Crippen molar-refractivity contribution >= 4 is 5.69 Å². The zero-order valence-electron chi connectivity index (χ0n) is 15.3. The number of rotatable bonds is 6. The quantitative estimate of drug-likeness (QED) is 0.827. The summed E-state index contributed by atoms with van der Waals surface area (Å²) in [6, 6.07) is 6.79. The molecule has 0 fully saturated rings. The maximum Gasteiger partial charge on any atom is 0.0369 e. The van der Waals surface area contributed by atoms with Crippen LogP contribution in [0.3, 0.4) is 0 Å². The summed E-state index contributed by atoms with van der Waals surface area (Å²) in [4.78, 5) is 2.40. The molecule has 1 aromatic carbocycles. The molecule has 0 heterocycles. The fraction of sp³-hybridized carbons (Fsp3) is 0.684. The molecule has 0 saturated heterocycles. The first-order valence-electron chi connectivity index (χ1n) is 8.09. The SMILES string of the molecule is CCC(C)(CNC(C)(C)C)CN(C)c1cc(C)cc(C)c1. The van der Waals surface area contributed by atoms with Crippen molar-refractivity contribution in [3.63, 3.8) is 0 Å². The Labute approximate surface area is 131 Å². The van der Waals surface area contributed by atoms with E-state index < -0.39 is 0 Å². The predicted octanol–water partition coefficient (Wildman–Crippen LogP) is 4.54. The van der Waals surface area contributed by atoms with Crippen molar-refractivity contribution in [1.29, 1.82) is 0 Å². The highest BCUT2D eigenvalue weighted by Crippen LogP contribution is 2.26. The molecule has 0 aliphatic carbocycles. The molecule has 21 heavy (non-hydrogen) atoms. The zero-order valence-corrected chi connectivity index (χ0v) is 15.3. The van der Waals surface area contributed by atoms with Gasteiger partial charge in [0.1, 0.15) is 0 Å². The molecule has 0 spiro atoms. The number of benzene rings is 1. The lowest BCUT2D eigenvalue weighted by Gasteiger charge is -2.37. The minimum absolute atomic E-state index is 0.176. The number of nitrogens with one attached hydrogen (secondary N) is 1. The smallest absolute Gasteiger partial charge is 0.0369 e. The van der Waals surface area contributed by atoms with Gasteiger partial charge in [0.05, 0.1) is 0 Å². The molecule has 120 valence electrons. The van der Waals surface area contributed by atoms with Gasteiger partial charge in [0, 0.05) is 31.4 Å². The molecule has 1 N–H and O–H groups in total. The van der Waals surface area contributed by atoms with E-state index >= 15 is 0 Å². The molecular formula is C19H34N2. The molecule has 1 rings (SSSR count). The third kappa shape index (κ3) is 6.09. The predicted molar refractivity (Wildman–Crippen MR) is 95.3 cm³/mol. The van der Waals surface area contributed by atoms with E-state index in [1.165, 1.54) is 23.2 Å². The topological polar surface area (TPSA) is 15.3 Å². The Morgan fingerprint density at radius 3 is 1.95 bits per heavy atom. The first-order chi connectivity index (χ1) is 9.54. The largest absolute Gasteiger partial charge is 0.374 e. The molecule has 1 unspecified atom stereocenters. The Balaban J connectivity index is 2.79. The average molecular weight is 290 g/mol. The lowest BCUT2D eigenvalue weighted by Crippen LogP contribution is -2.46. The van der Waals surface area contributed by atoms with Gasteiger partial charge in [-0.05, 0) is 69.7 Å². The monoisotopic (exact) mass is 290 g/mol. The van der Waals surface area contributed by atoms with Crippen LogP contribution in [0.1, 0.15) is 52.2 Å². The van der Waals surface area contributed by atoms with Gasteiger partial charge in [-0.2, -0.15) is 0 Å². The standard InChI is InChI=1S/C19H34N2/c1-9-19(7,13-20-18(4,5)6)14-21(8)17-11-15(2)10-16(3)12-17/h10-12,20H,9,13-14H2,1-8H3. The summed E-state index contributed by atoms with van der Waals surface area (Å²) in [5.41, 5.74) is 4.45. The molecule has 0 bridgehead atoms. The van der Waals surface area contributed by atoms with E-state index in [9.17, 15) is 0 Å². The summed E-state index contributed by atoms with van der Waals surface area (Å²) in [5, 5.41) is 3.67. The first-order valence-corrected chi connectivity index (χ1v) is 8.09. The number of anilines is 1. The van der Waals surface area contributed by atoms with Crippen LogP contribution in [0, 0.1) is 19.3 Å². The Kier molecular flexibility index (Phi) is 5.86. The second-order valence-electron chi connectivity index (χ2n) is 7.97. The second kappa shape index (κ2) is 6.83. The molecule has 1 aromatic rings. The van der Waals surface area contributed by atoms with Gasteiger partial charge in [0.25, 0.3) is 0 Å². The summed E-state index contributed by atoms with van der Waals surface area (Å²) in [6.07, 6.45) is 1.17. The average Bonchev–Trinajstić information content (AvgIpc) is 2.34. The van der Waals surface area contributed by atoms with Crippen molar-refractivity contribution in [3.8, 4) is 0 Å². The van der Waals surface area contributed by atoms with Crippen LogP contribution in [0.25, 0.3) is 0 Å². The minimum atomic E-state index is 0.176. The van der Waals surface area contributed by atoms with Crippen LogP contribution in [0.2, 0.25) is 0 Å². The van der Waals surface area contributed by atoms with Crippen molar-refractivity contribution in [3.05, 3.63) is 29.3 Å². The molecule has 0 radical (unpaired) electrons. The van der Waals surface area contributed by atoms with E-state index in [0.29, 0.717) is 0 Å². The molecule has 0 aliphatic heterocycles. The van der Waals surface area contributed by atoms with Crippen molar-refractivity contribution in [2.75, 3.05) is 25.0 Å². The molecule has 0 aromatic heterocycles. The Bertz CT molecular complexity index is 439. The summed E-state index contributed by atoms with van der Waals surface area (Å²) in [6.45, 7) is 17.8. The molecular weight excluding hydrogens is 256 g/mol. The molecule has 2 nitrogen and oxygen atoms in total. The highest BCUT2D eigenvalue weighted by molar-refractivity contribution is 5.50. The van der Waals surface area contributed by atoms with E-state index in [0.717, 1.165) is 13.1 Å². The molecule has 2 heteroatoms. The van der Waals surface area contributed by atoms with Crippen molar-refractivity contribution in [2.45, 2.75) is 60.4 Å². The van der Waals surface area contributed by atoms with E-state index in [4.69, 9.17) is 0 Å². The van der Waals surface area contributed by atoms with E-state index in [-0.39, 0.29) is 11.0 Å². The maximum absolute atomic E-state index is 3.67. The summed E-state index contributed by atoms with van der Waals surface area (Å²) < 4.78 is 0. The number of hydrogen-bond acceptors (Lipinski definition) is 2. The van der Waals surface area contributed by atoms with Crippen LogP contribution in [-0.4, -0.2) is 25.7 Å². The van der Waals surface area contributed by atoms with Crippen LogP contribution in [0.15, 0.2) is 18.2 Å². The van der Waals surface area contributed by atoms with Gasteiger partial charge in [0.2, 0.25) is 0 Å². The van der Waals surface area contributed by atoms with Crippen LogP contribution in [0.5, 0.6) is 0 Å². The van der Waals surface area contributed by atoms with Gasteiger partial charge in [-0.25, -0.2) is 0 Å². The van der Waals surface area contributed by atoms with Gasteiger partial charge in [-0.15, -0.1) is 0 Å². The number of nitrogens with zero attached hydrogens (tertiary/aromatic N) is 1. The highest BCUT2D eigenvalue weighted by Gasteiger charge is 2.26. The van der Waals surface area contributed by atoms with Gasteiger partial charge in [-0.3, -0.25) is 0 Å². The van der Waals surface area contributed by atoms with Crippen molar-refractivity contribution in [2.24, 2.45) is 5.41 Å². The van der Waals surface area contributed by atoms with Crippen molar-refractivity contribution < 1.29 is 0 Å². The lowest BCUT2D eigenvalue weighted by molar-refractivity contribution is 0.262. The fourth-order valence-corrected chi connectivity index (χ4v) is 2.61. The molecule has 0 aliphatic rings. The second-order valence-corrected chi connectivity index (χ2v) is 7.97. The van der Waals surface area contributed by atoms with Crippen LogP contribution >= 0.6 is 0 Å². The van der Waals surface area contributed by atoms with Crippen LogP contribution in [-0.2, 0) is 0 Å². The molecule has 0 saturated carbocycles. The highest BCUT2D eigenvalue weighted by atomic mass is 15.1. The lowest BCUT2D eigenvalue weighted by atomic mass is 9.85. The van der Waals surface area contributed by atoms with E-state index in [1.807, 2.05) is 0 Å². The normalized spacial score (nSPS) is 14.9. The summed E-state index contributed by atoms with van der Waals surface area (Å²) in [7, 11) is 2.21. The molecule has 1 atom stereocenters. The van der Waals surface area contributed by atoms with Gasteiger partial charge < -0.3 is 10.2 Å². The van der Waals surface area contributed by atoms with E-state index in [1.54, 1.807) is 0 Å². The molecule has 0 amide bonds. The first kappa shape index (κ1) is 18.0. The van der Waals surface area contributed by atoms with E-state index in [2.05, 4.69) is 83.9 Å². The fourth-order valence-electron chi connectivity index (χ4n) is 2.61. The summed E-state index contributed by atoms with van der Waals surface area (Å²) in [5.74, 6) is 0. The number of aryl methyl sites for hydroxylation is 2. The number of hydrogen-bond donors (Lipinski definition) is 1. The minimum Gasteiger partial charge on any atom is -0.374 e. The summed E-state index contributed by atoms with van der Waals surface area (Å²) >= 11 is 0. The van der Waals surface area contributed by atoms with Gasteiger partial charge in [0.15, 0.2) is 0 Å². The van der Waals surface area contributed by atoms with Crippen LogP contribution in [0.4, 0.5) is 5.69 Å².